The van der Waals surface area contributed by atoms with E-state index in [1.54, 1.807) is 17.0 Å². The summed E-state index contributed by atoms with van der Waals surface area (Å²) in [5, 5.41) is 0. The van der Waals surface area contributed by atoms with Crippen LogP contribution in [0.1, 0.15) is 38.5 Å². The first-order valence-corrected chi connectivity index (χ1v) is 10.0. The van der Waals surface area contributed by atoms with E-state index in [1.165, 1.54) is 37.8 Å². The van der Waals surface area contributed by atoms with Gasteiger partial charge < -0.3 is 9.80 Å². The van der Waals surface area contributed by atoms with Crippen LogP contribution in [0.5, 0.6) is 0 Å². The molecule has 2 amide bonds. The minimum atomic E-state index is -0.340. The van der Waals surface area contributed by atoms with Crippen molar-refractivity contribution in [1.29, 1.82) is 0 Å². The Morgan fingerprint density at radius 1 is 1.26 bits per heavy atom. The van der Waals surface area contributed by atoms with Crippen LogP contribution in [-0.2, 0) is 9.59 Å². The van der Waals surface area contributed by atoms with Gasteiger partial charge >= 0.3 is 0 Å². The molecule has 1 aliphatic carbocycles. The highest BCUT2D eigenvalue weighted by molar-refractivity contribution is 5.96. The number of hydrogen-bond donors (Lipinski definition) is 0. The molecule has 0 aromatic heterocycles. The van der Waals surface area contributed by atoms with Crippen LogP contribution in [0, 0.1) is 11.7 Å². The maximum absolute atomic E-state index is 13.7. The van der Waals surface area contributed by atoms with E-state index in [4.69, 9.17) is 0 Å². The Morgan fingerprint density at radius 3 is 2.78 bits per heavy atom. The van der Waals surface area contributed by atoms with Gasteiger partial charge in [-0.15, -0.1) is 0 Å². The van der Waals surface area contributed by atoms with E-state index in [-0.39, 0.29) is 23.2 Å². The van der Waals surface area contributed by atoms with Crippen molar-refractivity contribution in [2.75, 3.05) is 38.1 Å². The van der Waals surface area contributed by atoms with E-state index in [2.05, 4.69) is 4.90 Å². The van der Waals surface area contributed by atoms with Gasteiger partial charge in [0, 0.05) is 31.7 Å². The molecular formula is C21H28FN3O2. The molecule has 1 aromatic carbocycles. The van der Waals surface area contributed by atoms with Crippen molar-refractivity contribution >= 4 is 17.5 Å². The molecule has 1 spiro atoms. The highest BCUT2D eigenvalue weighted by atomic mass is 19.1. The lowest BCUT2D eigenvalue weighted by molar-refractivity contribution is -0.131. The Bertz CT molecular complexity index is 734. The van der Waals surface area contributed by atoms with E-state index in [9.17, 15) is 14.0 Å². The molecule has 0 unspecified atom stereocenters. The summed E-state index contributed by atoms with van der Waals surface area (Å²) in [6.07, 6.45) is 6.34. The summed E-state index contributed by atoms with van der Waals surface area (Å²) in [7, 11) is 1.96. The normalized spacial score (nSPS) is 27.1. The first kappa shape index (κ1) is 18.4. The first-order valence-electron chi connectivity index (χ1n) is 10.0. The van der Waals surface area contributed by atoms with Gasteiger partial charge in [0.1, 0.15) is 5.82 Å². The highest BCUT2D eigenvalue weighted by Gasteiger charge is 2.48. The molecule has 2 heterocycles. The number of amides is 2. The second-order valence-electron chi connectivity index (χ2n) is 8.46. The minimum Gasteiger partial charge on any atom is -0.341 e. The van der Waals surface area contributed by atoms with Crippen LogP contribution in [0.3, 0.4) is 0 Å². The van der Waals surface area contributed by atoms with Crippen molar-refractivity contribution in [1.82, 2.24) is 9.80 Å². The van der Waals surface area contributed by atoms with Crippen molar-refractivity contribution in [2.24, 2.45) is 5.92 Å². The second-order valence-corrected chi connectivity index (χ2v) is 8.46. The highest BCUT2D eigenvalue weighted by Crippen LogP contribution is 2.35. The van der Waals surface area contributed by atoms with Crippen molar-refractivity contribution in [3.05, 3.63) is 30.1 Å². The van der Waals surface area contributed by atoms with Crippen LogP contribution >= 0.6 is 0 Å². The van der Waals surface area contributed by atoms with E-state index in [0.29, 0.717) is 37.7 Å². The fourth-order valence-corrected chi connectivity index (χ4v) is 4.94. The van der Waals surface area contributed by atoms with Crippen LogP contribution in [0.25, 0.3) is 0 Å². The van der Waals surface area contributed by atoms with Gasteiger partial charge in [0.05, 0.1) is 12.1 Å². The number of nitrogens with zero attached hydrogens (tertiary/aromatic N) is 3. The molecular weight excluding hydrogens is 345 g/mol. The van der Waals surface area contributed by atoms with Gasteiger partial charge in [-0.3, -0.25) is 14.5 Å². The van der Waals surface area contributed by atoms with E-state index < -0.39 is 0 Å². The van der Waals surface area contributed by atoms with Gasteiger partial charge in [0.15, 0.2) is 0 Å². The van der Waals surface area contributed by atoms with Gasteiger partial charge in [0.25, 0.3) is 0 Å². The molecule has 4 rings (SSSR count). The smallest absolute Gasteiger partial charge is 0.241 e. The first-order chi connectivity index (χ1) is 13.0. The third-order valence-corrected chi connectivity index (χ3v) is 6.68. The van der Waals surface area contributed by atoms with E-state index in [0.717, 1.165) is 13.0 Å². The lowest BCUT2D eigenvalue weighted by Crippen LogP contribution is -2.64. The summed E-state index contributed by atoms with van der Waals surface area (Å²) >= 11 is 0. The number of likely N-dealkylation sites (tertiary alicyclic amines) is 1. The van der Waals surface area contributed by atoms with Crippen LogP contribution < -0.4 is 4.90 Å². The molecule has 1 aromatic rings. The Morgan fingerprint density at radius 2 is 2.04 bits per heavy atom. The molecule has 5 nitrogen and oxygen atoms in total. The number of anilines is 1. The quantitative estimate of drug-likeness (QED) is 0.818. The summed E-state index contributed by atoms with van der Waals surface area (Å²) < 4.78 is 13.7. The van der Waals surface area contributed by atoms with Gasteiger partial charge in [-0.05, 0) is 50.4 Å². The molecule has 2 aliphatic heterocycles. The zero-order chi connectivity index (χ0) is 19.0. The lowest BCUT2D eigenvalue weighted by atomic mass is 9.92. The van der Waals surface area contributed by atoms with Crippen LogP contribution in [-0.4, -0.2) is 60.4 Å². The van der Waals surface area contributed by atoms with Crippen molar-refractivity contribution in [2.45, 2.75) is 44.1 Å². The fourth-order valence-electron chi connectivity index (χ4n) is 4.94. The maximum atomic E-state index is 13.7. The summed E-state index contributed by atoms with van der Waals surface area (Å²) in [6, 6.07) is 6.21. The molecule has 146 valence electrons. The number of rotatable bonds is 3. The summed E-state index contributed by atoms with van der Waals surface area (Å²) in [5.74, 6) is 0.433. The predicted octanol–water partition coefficient (Wildman–Crippen LogP) is 2.66. The standard InChI is InChI=1S/C21H28FN3O2/c1-23-13-20(27)25(18-8-4-7-17(22)12-18)15-21(23)9-10-24(14-21)19(26)11-16-5-2-3-6-16/h4,7-8,12,16H,2-3,5-6,9-11,13-15H2,1H3/t21-/m1/s1. The SMILES string of the molecule is CN1CC(=O)N(c2cccc(F)c2)C[C@]12CCN(C(=O)CC1CCCC1)C2. The topological polar surface area (TPSA) is 43.9 Å². The number of carbonyl (C=O) groups excluding carboxylic acids is 2. The molecule has 3 aliphatic rings. The van der Waals surface area contributed by atoms with Crippen LogP contribution in [0.4, 0.5) is 10.1 Å². The lowest BCUT2D eigenvalue weighted by Gasteiger charge is -2.46. The Balaban J connectivity index is 1.48. The maximum Gasteiger partial charge on any atom is 0.241 e. The Hall–Kier alpha value is -1.95. The molecule has 1 saturated carbocycles. The van der Waals surface area contributed by atoms with Crippen LogP contribution in [0.15, 0.2) is 24.3 Å². The molecule has 2 saturated heterocycles. The van der Waals surface area contributed by atoms with Crippen molar-refractivity contribution < 1.29 is 14.0 Å². The summed E-state index contributed by atoms with van der Waals surface area (Å²) in [6.45, 7) is 2.18. The fraction of sp³-hybridized carbons (Fsp3) is 0.619. The predicted molar refractivity (Wildman–Crippen MR) is 102 cm³/mol. The number of piperazine rings is 1. The molecule has 3 fully saturated rings. The Kier molecular flexibility index (Phi) is 4.93. The molecule has 1 atom stereocenters. The minimum absolute atomic E-state index is 0.0237. The van der Waals surface area contributed by atoms with Gasteiger partial charge in [0.2, 0.25) is 11.8 Å². The van der Waals surface area contributed by atoms with Crippen molar-refractivity contribution in [3.8, 4) is 0 Å². The van der Waals surface area contributed by atoms with Gasteiger partial charge in [-0.1, -0.05) is 18.9 Å². The number of likely N-dealkylation sites (N-methyl/N-ethyl adjacent to an activating group) is 1. The summed E-state index contributed by atoms with van der Waals surface area (Å²) in [4.78, 5) is 31.1. The monoisotopic (exact) mass is 373 g/mol. The van der Waals surface area contributed by atoms with E-state index >= 15 is 0 Å². The molecule has 0 N–H and O–H groups in total. The molecule has 27 heavy (non-hydrogen) atoms. The molecule has 6 heteroatoms. The number of benzene rings is 1. The van der Waals surface area contributed by atoms with Gasteiger partial charge in [-0.2, -0.15) is 0 Å². The third-order valence-electron chi connectivity index (χ3n) is 6.68. The zero-order valence-electron chi connectivity index (χ0n) is 16.0. The van der Waals surface area contributed by atoms with Gasteiger partial charge in [-0.25, -0.2) is 4.39 Å². The molecule has 0 bridgehead atoms. The van der Waals surface area contributed by atoms with E-state index in [1.807, 2.05) is 11.9 Å². The second kappa shape index (κ2) is 7.23. The summed E-state index contributed by atoms with van der Waals surface area (Å²) in [5.41, 5.74) is 0.356. The largest absolute Gasteiger partial charge is 0.341 e. The third kappa shape index (κ3) is 3.59. The number of hydrogen-bond acceptors (Lipinski definition) is 3. The number of halogens is 1. The average molecular weight is 373 g/mol. The Labute approximate surface area is 160 Å². The van der Waals surface area contributed by atoms with Crippen molar-refractivity contribution in [3.63, 3.8) is 0 Å². The van der Waals surface area contributed by atoms with Crippen LogP contribution in [0.2, 0.25) is 0 Å². The zero-order valence-corrected chi connectivity index (χ0v) is 16.0. The average Bonchev–Trinajstić information content (AvgIpc) is 3.29. The number of carbonyl (C=O) groups is 2. The molecule has 0 radical (unpaired) electrons.